The smallest absolute Gasteiger partial charge is 0.118 e. The Hall–Kier alpha value is -1.85. The van der Waals surface area contributed by atoms with Gasteiger partial charge in [0, 0.05) is 38.8 Å². The first-order chi connectivity index (χ1) is 12.2. The highest BCUT2D eigenvalue weighted by Gasteiger charge is 2.25. The van der Waals surface area contributed by atoms with Gasteiger partial charge in [0.05, 0.1) is 18.5 Å². The van der Waals surface area contributed by atoms with Crippen molar-refractivity contribution >= 4 is 0 Å². The van der Waals surface area contributed by atoms with E-state index in [1.54, 1.807) is 7.11 Å². The van der Waals surface area contributed by atoms with Gasteiger partial charge in [0.15, 0.2) is 0 Å². The van der Waals surface area contributed by atoms with Crippen molar-refractivity contribution in [3.63, 3.8) is 0 Å². The van der Waals surface area contributed by atoms with E-state index in [0.717, 1.165) is 38.3 Å². The number of aryl methyl sites for hydroxylation is 1. The van der Waals surface area contributed by atoms with Crippen LogP contribution in [0.3, 0.4) is 0 Å². The molecule has 0 saturated carbocycles. The van der Waals surface area contributed by atoms with E-state index in [1.807, 2.05) is 12.1 Å². The highest BCUT2D eigenvalue weighted by atomic mass is 16.5. The van der Waals surface area contributed by atoms with Gasteiger partial charge in [-0.15, -0.1) is 0 Å². The van der Waals surface area contributed by atoms with Crippen LogP contribution in [0.4, 0.5) is 0 Å². The molecule has 1 aromatic heterocycles. The van der Waals surface area contributed by atoms with Crippen molar-refractivity contribution in [2.24, 2.45) is 7.05 Å². The first-order valence-corrected chi connectivity index (χ1v) is 9.34. The Labute approximate surface area is 150 Å². The Balaban J connectivity index is 1.44. The molecule has 2 aromatic rings. The molecular formula is C20H28N4O. The lowest BCUT2D eigenvalue weighted by Gasteiger charge is -2.28. The fraction of sp³-hybridized carbons (Fsp3) is 0.550. The van der Waals surface area contributed by atoms with Crippen molar-refractivity contribution in [1.29, 1.82) is 0 Å². The van der Waals surface area contributed by atoms with Crippen LogP contribution in [0.15, 0.2) is 24.3 Å². The summed E-state index contributed by atoms with van der Waals surface area (Å²) < 4.78 is 7.36. The molecule has 25 heavy (non-hydrogen) atoms. The van der Waals surface area contributed by atoms with E-state index < -0.39 is 0 Å². The van der Waals surface area contributed by atoms with E-state index in [1.165, 1.54) is 48.4 Å². The summed E-state index contributed by atoms with van der Waals surface area (Å²) in [6.07, 6.45) is 3.79. The Bertz CT molecular complexity index is 716. The maximum Gasteiger partial charge on any atom is 0.118 e. The Morgan fingerprint density at radius 1 is 1.00 bits per heavy atom. The molecular weight excluding hydrogens is 312 g/mol. The molecule has 0 atom stereocenters. The van der Waals surface area contributed by atoms with Crippen molar-refractivity contribution in [1.82, 2.24) is 19.6 Å². The topological polar surface area (TPSA) is 33.5 Å². The van der Waals surface area contributed by atoms with E-state index in [-0.39, 0.29) is 0 Å². The number of rotatable bonds is 5. The van der Waals surface area contributed by atoms with Crippen LogP contribution in [0.1, 0.15) is 35.4 Å². The molecule has 0 unspecified atom stereocenters. The van der Waals surface area contributed by atoms with Gasteiger partial charge in [-0.2, -0.15) is 5.10 Å². The third kappa shape index (κ3) is 3.58. The molecule has 1 saturated heterocycles. The highest BCUT2D eigenvalue weighted by molar-refractivity contribution is 5.30. The summed E-state index contributed by atoms with van der Waals surface area (Å²) in [5.74, 6) is 0.919. The average Bonchev–Trinajstić information content (AvgIpc) is 3.25. The van der Waals surface area contributed by atoms with Crippen LogP contribution >= 0.6 is 0 Å². The molecule has 134 valence electrons. The molecule has 5 heteroatoms. The summed E-state index contributed by atoms with van der Waals surface area (Å²) in [4.78, 5) is 5.07. The van der Waals surface area contributed by atoms with E-state index in [2.05, 4.69) is 33.7 Å². The monoisotopic (exact) mass is 340 g/mol. The van der Waals surface area contributed by atoms with Gasteiger partial charge in [-0.3, -0.25) is 14.5 Å². The molecule has 0 aliphatic carbocycles. The molecule has 0 spiro atoms. The minimum atomic E-state index is 0.919. The van der Waals surface area contributed by atoms with Crippen molar-refractivity contribution in [3.05, 3.63) is 46.8 Å². The maximum absolute atomic E-state index is 5.25. The van der Waals surface area contributed by atoms with Crippen LogP contribution in [-0.2, 0) is 33.1 Å². The lowest BCUT2D eigenvalue weighted by atomic mass is 10.0. The van der Waals surface area contributed by atoms with Crippen molar-refractivity contribution in [2.45, 2.75) is 38.9 Å². The minimum absolute atomic E-state index is 0.919. The molecule has 1 aromatic carbocycles. The van der Waals surface area contributed by atoms with E-state index in [0.29, 0.717) is 0 Å². The SMILES string of the molecule is COc1ccc(CN2CCc3c(CN4CCCC4)nn(C)c3C2)cc1. The molecule has 5 nitrogen and oxygen atoms in total. The second-order valence-corrected chi connectivity index (χ2v) is 7.29. The number of nitrogens with zero attached hydrogens (tertiary/aromatic N) is 4. The van der Waals surface area contributed by atoms with Gasteiger partial charge >= 0.3 is 0 Å². The lowest BCUT2D eigenvalue weighted by molar-refractivity contribution is 0.237. The molecule has 4 rings (SSSR count). The number of methoxy groups -OCH3 is 1. The molecule has 1 fully saturated rings. The zero-order valence-corrected chi connectivity index (χ0v) is 15.4. The second kappa shape index (κ2) is 7.18. The largest absolute Gasteiger partial charge is 0.497 e. The van der Waals surface area contributed by atoms with Gasteiger partial charge in [-0.05, 0) is 50.0 Å². The molecule has 0 bridgehead atoms. The number of likely N-dealkylation sites (tertiary alicyclic amines) is 1. The van der Waals surface area contributed by atoms with Gasteiger partial charge in [-0.25, -0.2) is 0 Å². The summed E-state index contributed by atoms with van der Waals surface area (Å²) in [6.45, 7) is 6.57. The Morgan fingerprint density at radius 3 is 2.48 bits per heavy atom. The van der Waals surface area contributed by atoms with Crippen LogP contribution in [0.25, 0.3) is 0 Å². The standard InChI is InChI=1S/C20H28N4O/c1-22-20-15-24(13-16-5-7-17(25-2)8-6-16)12-9-18(20)19(21-22)14-23-10-3-4-11-23/h5-8H,3-4,9-15H2,1-2H3. The van der Waals surface area contributed by atoms with Crippen LogP contribution in [0.2, 0.25) is 0 Å². The van der Waals surface area contributed by atoms with Crippen LogP contribution in [-0.4, -0.2) is 46.3 Å². The Kier molecular flexibility index (Phi) is 4.77. The molecule has 3 heterocycles. The predicted molar refractivity (Wildman–Crippen MR) is 98.5 cm³/mol. The summed E-state index contributed by atoms with van der Waals surface area (Å²) in [5, 5.41) is 4.85. The summed E-state index contributed by atoms with van der Waals surface area (Å²) in [5.41, 5.74) is 5.54. The first kappa shape index (κ1) is 16.6. The number of aromatic nitrogens is 2. The van der Waals surface area contributed by atoms with Crippen LogP contribution < -0.4 is 4.74 Å². The van der Waals surface area contributed by atoms with Crippen molar-refractivity contribution < 1.29 is 4.74 Å². The first-order valence-electron chi connectivity index (χ1n) is 9.34. The normalized spacial score (nSPS) is 18.5. The molecule has 2 aliphatic rings. The quantitative estimate of drug-likeness (QED) is 0.838. The average molecular weight is 340 g/mol. The summed E-state index contributed by atoms with van der Waals surface area (Å²) in [6, 6.07) is 8.42. The number of hydrogen-bond acceptors (Lipinski definition) is 4. The third-order valence-electron chi connectivity index (χ3n) is 5.55. The fourth-order valence-electron chi connectivity index (χ4n) is 4.11. The van der Waals surface area contributed by atoms with Gasteiger partial charge < -0.3 is 4.74 Å². The summed E-state index contributed by atoms with van der Waals surface area (Å²) in [7, 11) is 3.81. The van der Waals surface area contributed by atoms with E-state index in [9.17, 15) is 0 Å². The lowest BCUT2D eigenvalue weighted by Crippen LogP contribution is -2.31. The zero-order chi connectivity index (χ0) is 17.2. The van der Waals surface area contributed by atoms with E-state index in [4.69, 9.17) is 9.84 Å². The molecule has 0 N–H and O–H groups in total. The van der Waals surface area contributed by atoms with Gasteiger partial charge in [0.25, 0.3) is 0 Å². The molecule has 2 aliphatic heterocycles. The maximum atomic E-state index is 5.25. The third-order valence-corrected chi connectivity index (χ3v) is 5.55. The number of ether oxygens (including phenoxy) is 1. The number of benzene rings is 1. The summed E-state index contributed by atoms with van der Waals surface area (Å²) >= 11 is 0. The van der Waals surface area contributed by atoms with Gasteiger partial charge in [0.1, 0.15) is 5.75 Å². The van der Waals surface area contributed by atoms with Crippen molar-refractivity contribution in [2.75, 3.05) is 26.7 Å². The van der Waals surface area contributed by atoms with Crippen LogP contribution in [0.5, 0.6) is 5.75 Å². The number of fused-ring (bicyclic) bond motifs is 1. The predicted octanol–water partition coefficient (Wildman–Crippen LogP) is 2.58. The van der Waals surface area contributed by atoms with Gasteiger partial charge in [0.2, 0.25) is 0 Å². The Morgan fingerprint density at radius 2 is 1.76 bits per heavy atom. The second-order valence-electron chi connectivity index (χ2n) is 7.29. The van der Waals surface area contributed by atoms with E-state index >= 15 is 0 Å². The zero-order valence-electron chi connectivity index (χ0n) is 15.4. The van der Waals surface area contributed by atoms with Crippen LogP contribution in [0, 0.1) is 0 Å². The fourth-order valence-corrected chi connectivity index (χ4v) is 4.11. The highest BCUT2D eigenvalue weighted by Crippen LogP contribution is 2.25. The number of hydrogen-bond donors (Lipinski definition) is 0. The molecule has 0 amide bonds. The van der Waals surface area contributed by atoms with Gasteiger partial charge in [-0.1, -0.05) is 12.1 Å². The minimum Gasteiger partial charge on any atom is -0.497 e. The molecule has 0 radical (unpaired) electrons. The van der Waals surface area contributed by atoms with Crippen molar-refractivity contribution in [3.8, 4) is 5.75 Å².